The van der Waals surface area contributed by atoms with Crippen LogP contribution in [0.2, 0.25) is 0 Å². The van der Waals surface area contributed by atoms with Gasteiger partial charge in [-0.3, -0.25) is 4.79 Å². The Morgan fingerprint density at radius 2 is 1.83 bits per heavy atom. The van der Waals surface area contributed by atoms with Gasteiger partial charge in [-0.2, -0.15) is 13.2 Å². The molecule has 0 radical (unpaired) electrons. The highest BCUT2D eigenvalue weighted by molar-refractivity contribution is 7.12. The lowest BCUT2D eigenvalue weighted by molar-refractivity contribution is -0.137. The third kappa shape index (κ3) is 4.56. The number of carbonyl (C=O) groups is 2. The van der Waals surface area contributed by atoms with E-state index in [0.717, 1.165) is 29.8 Å². The van der Waals surface area contributed by atoms with Gasteiger partial charge < -0.3 is 10.1 Å². The number of esters is 1. The predicted molar refractivity (Wildman–Crippen MR) is 79.4 cm³/mol. The molecule has 1 aromatic heterocycles. The Kier molecular flexibility index (Phi) is 5.05. The maximum absolute atomic E-state index is 12.4. The summed E-state index contributed by atoms with van der Waals surface area (Å²) in [5.41, 5.74) is 0.129. The van der Waals surface area contributed by atoms with Crippen LogP contribution in [0, 0.1) is 6.92 Å². The first-order chi connectivity index (χ1) is 10.8. The van der Waals surface area contributed by atoms with Crippen LogP contribution in [0.3, 0.4) is 0 Å². The van der Waals surface area contributed by atoms with Crippen molar-refractivity contribution in [1.29, 1.82) is 0 Å². The number of amides is 1. The topological polar surface area (TPSA) is 55.4 Å². The molecule has 0 unspecified atom stereocenters. The molecule has 0 saturated heterocycles. The lowest BCUT2D eigenvalue weighted by atomic mass is 10.2. The van der Waals surface area contributed by atoms with Gasteiger partial charge in [0, 0.05) is 5.69 Å². The smallest absolute Gasteiger partial charge is 0.416 e. The van der Waals surface area contributed by atoms with E-state index < -0.39 is 30.2 Å². The van der Waals surface area contributed by atoms with Crippen molar-refractivity contribution in [3.63, 3.8) is 0 Å². The maximum Gasteiger partial charge on any atom is 0.416 e. The highest BCUT2D eigenvalue weighted by Gasteiger charge is 2.30. The van der Waals surface area contributed by atoms with E-state index in [4.69, 9.17) is 4.74 Å². The second-order valence-corrected chi connectivity index (χ2v) is 5.55. The molecule has 2 aromatic rings. The molecule has 122 valence electrons. The standard InChI is InChI=1S/C15H12F3NO3S/c1-9-6-7-23-13(9)14(21)22-8-12(20)19-11-4-2-10(3-5-11)15(16,17)18/h2-7H,8H2,1H3,(H,19,20). The zero-order valence-electron chi connectivity index (χ0n) is 11.9. The summed E-state index contributed by atoms with van der Waals surface area (Å²) in [6.45, 7) is 1.23. The van der Waals surface area contributed by atoms with Gasteiger partial charge in [0.25, 0.3) is 5.91 Å². The summed E-state index contributed by atoms with van der Waals surface area (Å²) in [7, 11) is 0. The fraction of sp³-hybridized carbons (Fsp3) is 0.200. The van der Waals surface area contributed by atoms with Crippen LogP contribution in [-0.4, -0.2) is 18.5 Å². The Balaban J connectivity index is 1.88. The van der Waals surface area contributed by atoms with Crippen molar-refractivity contribution in [3.05, 3.63) is 51.7 Å². The quantitative estimate of drug-likeness (QED) is 0.858. The Morgan fingerprint density at radius 1 is 1.17 bits per heavy atom. The van der Waals surface area contributed by atoms with Gasteiger partial charge in [0.2, 0.25) is 0 Å². The first kappa shape index (κ1) is 17.0. The van der Waals surface area contributed by atoms with Crippen molar-refractivity contribution in [1.82, 2.24) is 0 Å². The minimum Gasteiger partial charge on any atom is -0.451 e. The molecule has 0 aliphatic carbocycles. The van der Waals surface area contributed by atoms with E-state index in [9.17, 15) is 22.8 Å². The number of ether oxygens (including phenoxy) is 1. The predicted octanol–water partition coefficient (Wildman–Crippen LogP) is 3.87. The molecular formula is C15H12F3NO3S. The molecule has 0 aliphatic heterocycles. The van der Waals surface area contributed by atoms with Gasteiger partial charge in [-0.15, -0.1) is 11.3 Å². The minimum absolute atomic E-state index is 0.186. The third-order valence-corrected chi connectivity index (χ3v) is 3.87. The number of alkyl halides is 3. The van der Waals surface area contributed by atoms with Gasteiger partial charge in [0.15, 0.2) is 6.61 Å². The van der Waals surface area contributed by atoms with Gasteiger partial charge in [-0.1, -0.05) is 0 Å². The average Bonchev–Trinajstić information content (AvgIpc) is 2.90. The third-order valence-electron chi connectivity index (χ3n) is 2.88. The number of thiophene rings is 1. The highest BCUT2D eigenvalue weighted by Crippen LogP contribution is 2.29. The van der Waals surface area contributed by atoms with E-state index in [1.165, 1.54) is 11.3 Å². The molecule has 8 heteroatoms. The number of rotatable bonds is 4. The first-order valence-electron chi connectivity index (χ1n) is 6.45. The SMILES string of the molecule is Cc1ccsc1C(=O)OCC(=O)Nc1ccc(C(F)(F)F)cc1. The van der Waals surface area contributed by atoms with E-state index in [2.05, 4.69) is 5.32 Å². The molecule has 0 atom stereocenters. The molecule has 0 fully saturated rings. The second-order valence-electron chi connectivity index (χ2n) is 4.63. The Morgan fingerprint density at radius 3 is 2.35 bits per heavy atom. The maximum atomic E-state index is 12.4. The largest absolute Gasteiger partial charge is 0.451 e. The normalized spacial score (nSPS) is 11.1. The fourth-order valence-electron chi connectivity index (χ4n) is 1.72. The van der Waals surface area contributed by atoms with Gasteiger partial charge in [-0.25, -0.2) is 4.79 Å². The minimum atomic E-state index is -4.43. The number of anilines is 1. The Hall–Kier alpha value is -2.35. The summed E-state index contributed by atoms with van der Waals surface area (Å²) in [5, 5.41) is 4.09. The van der Waals surface area contributed by atoms with Crippen molar-refractivity contribution in [2.45, 2.75) is 13.1 Å². The molecule has 4 nitrogen and oxygen atoms in total. The number of hydrogen-bond acceptors (Lipinski definition) is 4. The number of benzene rings is 1. The lowest BCUT2D eigenvalue weighted by Gasteiger charge is -2.09. The summed E-state index contributed by atoms with van der Waals surface area (Å²) in [5.74, 6) is -1.24. The van der Waals surface area contributed by atoms with E-state index >= 15 is 0 Å². The van der Waals surface area contributed by atoms with Crippen molar-refractivity contribution < 1.29 is 27.5 Å². The first-order valence-corrected chi connectivity index (χ1v) is 7.33. The average molecular weight is 343 g/mol. The molecule has 1 heterocycles. The molecule has 1 N–H and O–H groups in total. The van der Waals surface area contributed by atoms with Crippen molar-refractivity contribution in [2.75, 3.05) is 11.9 Å². The number of hydrogen-bond donors (Lipinski definition) is 1. The number of aryl methyl sites for hydroxylation is 1. The van der Waals surface area contributed by atoms with Crippen LogP contribution in [0.5, 0.6) is 0 Å². The van der Waals surface area contributed by atoms with Crippen LogP contribution in [-0.2, 0) is 15.7 Å². The zero-order chi connectivity index (χ0) is 17.0. The summed E-state index contributed by atoms with van der Waals surface area (Å²) in [6.07, 6.45) is -4.43. The summed E-state index contributed by atoms with van der Waals surface area (Å²) in [4.78, 5) is 23.8. The fourth-order valence-corrected chi connectivity index (χ4v) is 2.54. The molecule has 0 bridgehead atoms. The molecule has 0 saturated carbocycles. The van der Waals surface area contributed by atoms with Crippen LogP contribution in [0.4, 0.5) is 18.9 Å². The highest BCUT2D eigenvalue weighted by atomic mass is 32.1. The van der Waals surface area contributed by atoms with E-state index in [-0.39, 0.29) is 5.69 Å². The van der Waals surface area contributed by atoms with E-state index in [1.54, 1.807) is 18.4 Å². The van der Waals surface area contributed by atoms with Gasteiger partial charge in [0.05, 0.1) is 5.56 Å². The molecule has 1 amide bonds. The number of nitrogens with one attached hydrogen (secondary N) is 1. The van der Waals surface area contributed by atoms with Gasteiger partial charge in [0.1, 0.15) is 4.88 Å². The monoisotopic (exact) mass is 343 g/mol. The van der Waals surface area contributed by atoms with E-state index in [1.807, 2.05) is 0 Å². The van der Waals surface area contributed by atoms with Crippen molar-refractivity contribution >= 4 is 28.9 Å². The van der Waals surface area contributed by atoms with Crippen LogP contribution >= 0.6 is 11.3 Å². The molecule has 23 heavy (non-hydrogen) atoms. The second kappa shape index (κ2) is 6.82. The summed E-state index contributed by atoms with van der Waals surface area (Å²) < 4.78 is 42.1. The summed E-state index contributed by atoms with van der Waals surface area (Å²) >= 11 is 1.20. The molecule has 1 aromatic carbocycles. The zero-order valence-corrected chi connectivity index (χ0v) is 12.8. The Labute approximate surface area is 133 Å². The van der Waals surface area contributed by atoms with Crippen molar-refractivity contribution in [2.24, 2.45) is 0 Å². The summed E-state index contributed by atoms with van der Waals surface area (Å²) in [6, 6.07) is 5.73. The van der Waals surface area contributed by atoms with Gasteiger partial charge >= 0.3 is 12.1 Å². The van der Waals surface area contributed by atoms with E-state index in [0.29, 0.717) is 4.88 Å². The number of carbonyl (C=O) groups excluding carboxylic acids is 2. The Bertz CT molecular complexity index is 708. The van der Waals surface area contributed by atoms with Crippen LogP contribution in [0.15, 0.2) is 35.7 Å². The molecule has 2 rings (SSSR count). The van der Waals surface area contributed by atoms with Crippen LogP contribution in [0.1, 0.15) is 20.8 Å². The molecule has 0 aliphatic rings. The van der Waals surface area contributed by atoms with Gasteiger partial charge in [-0.05, 0) is 48.2 Å². The molecular weight excluding hydrogens is 331 g/mol. The molecule has 0 spiro atoms. The van der Waals surface area contributed by atoms with Crippen LogP contribution < -0.4 is 5.32 Å². The lowest BCUT2D eigenvalue weighted by Crippen LogP contribution is -2.20. The number of halogens is 3. The van der Waals surface area contributed by atoms with Crippen LogP contribution in [0.25, 0.3) is 0 Å². The van der Waals surface area contributed by atoms with Crippen molar-refractivity contribution in [3.8, 4) is 0 Å².